The summed E-state index contributed by atoms with van der Waals surface area (Å²) in [6.07, 6.45) is -0.955. The van der Waals surface area contributed by atoms with Crippen molar-refractivity contribution in [2.75, 3.05) is 5.32 Å². The second-order valence-corrected chi connectivity index (χ2v) is 11.2. The van der Waals surface area contributed by atoms with Gasteiger partial charge in [0.2, 0.25) is 0 Å². The van der Waals surface area contributed by atoms with Crippen LogP contribution < -0.4 is 23.5 Å². The Hall–Kier alpha value is -3.66. The molecule has 0 aromatic carbocycles. The molecule has 14 nitrogen and oxygen atoms in total. The van der Waals surface area contributed by atoms with E-state index in [0.717, 1.165) is 24.7 Å². The zero-order valence-electron chi connectivity index (χ0n) is 24.6. The maximum atomic E-state index is 13.0. The second kappa shape index (κ2) is 16.6. The molecule has 0 amide bonds. The number of nitrogens with zero attached hydrogens (tertiary/aromatic N) is 12. The van der Waals surface area contributed by atoms with Crippen molar-refractivity contribution in [3.05, 3.63) is 63.2 Å². The first-order valence-corrected chi connectivity index (χ1v) is 14.8. The molecule has 0 saturated carbocycles. The van der Waals surface area contributed by atoms with Crippen LogP contribution in [0.4, 0.5) is 32.2 Å². The van der Waals surface area contributed by atoms with E-state index in [9.17, 15) is 26.3 Å². The van der Waals surface area contributed by atoms with Gasteiger partial charge >= 0.3 is 12.4 Å². The van der Waals surface area contributed by atoms with E-state index in [1.807, 2.05) is 0 Å². The van der Waals surface area contributed by atoms with Crippen molar-refractivity contribution in [2.45, 2.75) is 38.3 Å². The van der Waals surface area contributed by atoms with Gasteiger partial charge in [-0.2, -0.15) is 65.5 Å². The third-order valence-electron chi connectivity index (χ3n) is 5.88. The van der Waals surface area contributed by atoms with Crippen molar-refractivity contribution in [2.24, 2.45) is 5.73 Å². The Morgan fingerprint density at radius 2 is 1.12 bits per heavy atom. The maximum Gasteiger partial charge on any atom is 0.408 e. The van der Waals surface area contributed by atoms with Gasteiger partial charge in [0, 0.05) is 12.4 Å². The Morgan fingerprint density at radius 1 is 0.680 bits per heavy atom. The van der Waals surface area contributed by atoms with Crippen molar-refractivity contribution in [1.29, 1.82) is 0 Å². The van der Waals surface area contributed by atoms with Crippen LogP contribution >= 0.6 is 58.0 Å². The van der Waals surface area contributed by atoms with Crippen LogP contribution in [-0.2, 0) is 0 Å². The Balaban J connectivity index is 0.000000229. The zero-order chi connectivity index (χ0) is 36.3. The Morgan fingerprint density at radius 3 is 1.58 bits per heavy atom. The van der Waals surface area contributed by atoms with Gasteiger partial charge in [-0.1, -0.05) is 58.0 Å². The van der Waals surface area contributed by atoms with Crippen molar-refractivity contribution in [3.63, 3.8) is 0 Å². The van der Waals surface area contributed by atoms with Crippen LogP contribution in [0.3, 0.4) is 0 Å². The monoisotopic (exact) mass is 825 g/mol. The molecule has 0 radical (unpaired) electrons. The summed E-state index contributed by atoms with van der Waals surface area (Å²) in [6.45, 7) is 1.86. The van der Waals surface area contributed by atoms with Crippen LogP contribution in [-0.4, -0.2) is 83.5 Å². The SMILES string of the molecule is CC(N)C(F)(F)F.CC(Nc1c(-c2ncncc2Cl)c(Cl)nc2ncnn12)C(F)(F)F.Clc1cncnc1-c1c(Cl)nc2ncnn2c1Cl.[Cl-]. The predicted molar refractivity (Wildman–Crippen MR) is 168 cm³/mol. The van der Waals surface area contributed by atoms with E-state index in [-0.39, 0.29) is 55.7 Å². The van der Waals surface area contributed by atoms with Gasteiger partial charge in [0.05, 0.1) is 38.6 Å². The smallest absolute Gasteiger partial charge is 0.408 e. The van der Waals surface area contributed by atoms with Crippen molar-refractivity contribution >= 4 is 75.4 Å². The third-order valence-corrected chi connectivity index (χ3v) is 7.33. The fraction of sp³-hybridized carbons (Fsp3) is 0.250. The fourth-order valence-corrected chi connectivity index (χ4v) is 4.68. The molecular weight excluding hydrogens is 811 g/mol. The number of hydrogen-bond acceptors (Lipinski definition) is 12. The van der Waals surface area contributed by atoms with Crippen LogP contribution in [0.25, 0.3) is 34.1 Å². The van der Waals surface area contributed by atoms with E-state index in [0.29, 0.717) is 22.1 Å². The topological polar surface area (TPSA) is 176 Å². The molecule has 0 aliphatic heterocycles. The molecule has 0 aliphatic carbocycles. The van der Waals surface area contributed by atoms with E-state index >= 15 is 0 Å². The molecule has 50 heavy (non-hydrogen) atoms. The third kappa shape index (κ3) is 9.36. The molecule has 3 N–H and O–H groups in total. The van der Waals surface area contributed by atoms with Crippen LogP contribution in [0.5, 0.6) is 0 Å². The fourth-order valence-electron chi connectivity index (χ4n) is 3.42. The molecule has 6 aromatic heterocycles. The summed E-state index contributed by atoms with van der Waals surface area (Å²) >= 11 is 30.5. The van der Waals surface area contributed by atoms with Gasteiger partial charge in [0.1, 0.15) is 52.6 Å². The summed E-state index contributed by atoms with van der Waals surface area (Å²) in [4.78, 5) is 31.4. The van der Waals surface area contributed by atoms with Gasteiger partial charge < -0.3 is 23.5 Å². The van der Waals surface area contributed by atoms with E-state index in [4.69, 9.17) is 58.0 Å². The molecule has 0 bridgehead atoms. The quantitative estimate of drug-likeness (QED) is 0.195. The maximum absolute atomic E-state index is 13.0. The minimum Gasteiger partial charge on any atom is -1.00 e. The Bertz CT molecular complexity index is 2070. The summed E-state index contributed by atoms with van der Waals surface area (Å²) in [7, 11) is 0. The van der Waals surface area contributed by atoms with E-state index in [2.05, 4.69) is 61.1 Å². The summed E-state index contributed by atoms with van der Waals surface area (Å²) in [5.74, 6) is 0.262. The highest BCUT2D eigenvalue weighted by Gasteiger charge is 2.37. The number of nitrogens with two attached hydrogens (primary N) is 1. The first-order chi connectivity index (χ1) is 22.9. The van der Waals surface area contributed by atoms with Crippen LogP contribution in [0.15, 0.2) is 37.7 Å². The van der Waals surface area contributed by atoms with E-state index < -0.39 is 24.4 Å². The lowest BCUT2D eigenvalue weighted by Crippen LogP contribution is -3.00. The molecule has 0 aliphatic rings. The molecule has 26 heteroatoms. The number of fused-ring (bicyclic) bond motifs is 2. The van der Waals surface area contributed by atoms with Gasteiger partial charge in [-0.3, -0.25) is 0 Å². The number of aromatic nitrogens is 12. The molecule has 6 rings (SSSR count). The Kier molecular flexibility index (Phi) is 13.5. The number of halogens is 12. The van der Waals surface area contributed by atoms with E-state index in [1.165, 1.54) is 35.9 Å². The molecule has 6 aromatic rings. The lowest BCUT2D eigenvalue weighted by molar-refractivity contribution is -0.143. The average molecular weight is 828 g/mol. The average Bonchev–Trinajstić information content (AvgIpc) is 3.68. The van der Waals surface area contributed by atoms with Gasteiger partial charge in [0.15, 0.2) is 0 Å². The second-order valence-electron chi connectivity index (χ2n) is 9.31. The summed E-state index contributed by atoms with van der Waals surface area (Å²) in [6, 6.07) is -3.59. The molecule has 2 atom stereocenters. The van der Waals surface area contributed by atoms with Crippen molar-refractivity contribution in [3.8, 4) is 22.5 Å². The summed E-state index contributed by atoms with van der Waals surface area (Å²) < 4.78 is 74.5. The van der Waals surface area contributed by atoms with Crippen molar-refractivity contribution in [1.82, 2.24) is 59.1 Å². The first kappa shape index (κ1) is 40.8. The highest BCUT2D eigenvalue weighted by atomic mass is 35.5. The Labute approximate surface area is 307 Å². The van der Waals surface area contributed by atoms with Gasteiger partial charge in [0.25, 0.3) is 11.6 Å². The summed E-state index contributed by atoms with van der Waals surface area (Å²) in [5, 5.41) is 10.9. The molecule has 0 saturated heterocycles. The van der Waals surface area contributed by atoms with Crippen LogP contribution in [0.2, 0.25) is 25.5 Å². The normalized spacial score (nSPS) is 12.7. The van der Waals surface area contributed by atoms with E-state index in [1.54, 1.807) is 0 Å². The first-order valence-electron chi connectivity index (χ1n) is 12.9. The zero-order valence-corrected chi connectivity index (χ0v) is 29.1. The van der Waals surface area contributed by atoms with Gasteiger partial charge in [-0.05, 0) is 13.8 Å². The van der Waals surface area contributed by atoms with Crippen LogP contribution in [0, 0.1) is 0 Å². The number of nitrogens with one attached hydrogen (secondary N) is 1. The van der Waals surface area contributed by atoms with Crippen molar-refractivity contribution < 1.29 is 38.7 Å². The summed E-state index contributed by atoms with van der Waals surface area (Å²) in [5.41, 5.74) is 5.42. The minimum atomic E-state index is -4.49. The van der Waals surface area contributed by atoms with Gasteiger partial charge in [-0.15, -0.1) is 0 Å². The molecule has 268 valence electrons. The molecule has 2 unspecified atom stereocenters. The number of alkyl halides is 6. The lowest BCUT2D eigenvalue weighted by atomic mass is 10.2. The largest absolute Gasteiger partial charge is 1.00 e. The molecule has 0 spiro atoms. The molecular formula is C24H17Cl6F6N14-. The van der Waals surface area contributed by atoms with Gasteiger partial charge in [-0.25, -0.2) is 19.9 Å². The molecule has 6 heterocycles. The number of hydrogen-bond donors (Lipinski definition) is 2. The molecule has 0 fully saturated rings. The number of rotatable bonds is 4. The lowest BCUT2D eigenvalue weighted by Gasteiger charge is -2.21. The standard InChI is InChI=1S/C12H8Cl2F3N7.C9H3Cl3N6.C3H6F3N.ClH/c1-5(12(15,16)17)22-10-7(8-6(13)2-18-3-19-8)9(14)23-11-20-4-21-24(10)11;10-4-1-13-2-14-6(4)5-7(11)17-9-15-3-16-18(9)8(5)12;1-2(7)3(4,5)6;/h2-5,22H,1H3;1-3H;2H,7H2,1H3;1H/p-1. The number of anilines is 1. The predicted octanol–water partition coefficient (Wildman–Crippen LogP) is 3.69. The highest BCUT2D eigenvalue weighted by Crippen LogP contribution is 2.38. The minimum absolute atomic E-state index is 0. The van der Waals surface area contributed by atoms with Crippen LogP contribution in [0.1, 0.15) is 13.8 Å². The highest BCUT2D eigenvalue weighted by molar-refractivity contribution is 6.40.